The summed E-state index contributed by atoms with van der Waals surface area (Å²) in [7, 11) is -1.45. The quantitative estimate of drug-likeness (QED) is 0.320. The number of anilines is 1. The Hall–Kier alpha value is -4.12. The van der Waals surface area contributed by atoms with Gasteiger partial charge in [0.2, 0.25) is 11.8 Å². The summed E-state index contributed by atoms with van der Waals surface area (Å²) in [4.78, 5) is 28.2. The van der Waals surface area contributed by atoms with Crippen LogP contribution in [0.3, 0.4) is 0 Å². The molecule has 0 heterocycles. The predicted octanol–water partition coefficient (Wildman–Crippen LogP) is 4.37. The van der Waals surface area contributed by atoms with Gasteiger partial charge in [-0.05, 0) is 62.2 Å². The molecule has 3 aromatic carbocycles. The van der Waals surface area contributed by atoms with E-state index in [-0.39, 0.29) is 34.8 Å². The second-order valence-corrected chi connectivity index (χ2v) is 11.4. The summed E-state index contributed by atoms with van der Waals surface area (Å²) in [6.07, 6.45) is 0.690. The maximum atomic E-state index is 14.0. The Morgan fingerprint density at radius 3 is 2.15 bits per heavy atom. The van der Waals surface area contributed by atoms with Crippen molar-refractivity contribution >= 4 is 27.5 Å². The van der Waals surface area contributed by atoms with E-state index in [1.807, 2.05) is 13.8 Å². The van der Waals surface area contributed by atoms with Crippen LogP contribution in [0.1, 0.15) is 32.8 Å². The number of methoxy groups -OCH3 is 2. The Bertz CT molecular complexity index is 1430. The second kappa shape index (κ2) is 14.0. The van der Waals surface area contributed by atoms with Crippen molar-refractivity contribution in [3.05, 3.63) is 84.2 Å². The average Bonchev–Trinajstić information content (AvgIpc) is 2.98. The van der Waals surface area contributed by atoms with Crippen molar-refractivity contribution in [3.8, 4) is 11.5 Å². The van der Waals surface area contributed by atoms with Gasteiger partial charge in [-0.15, -0.1) is 0 Å². The molecule has 0 spiro atoms. The number of para-hydroxylation sites is 1. The minimum Gasteiger partial charge on any atom is -0.493 e. The number of rotatable bonds is 13. The van der Waals surface area contributed by atoms with E-state index in [9.17, 15) is 22.4 Å². The summed E-state index contributed by atoms with van der Waals surface area (Å²) >= 11 is 0. The number of carbonyl (C=O) groups excluding carboxylic acids is 2. The summed E-state index contributed by atoms with van der Waals surface area (Å²) < 4.78 is 53.1. The van der Waals surface area contributed by atoms with Crippen LogP contribution in [-0.4, -0.2) is 58.0 Å². The molecule has 0 aliphatic carbocycles. The number of sulfonamides is 1. The molecule has 0 bridgehead atoms. The number of hydrogen-bond donors (Lipinski definition) is 1. The van der Waals surface area contributed by atoms with Crippen LogP contribution in [-0.2, 0) is 26.2 Å². The summed E-state index contributed by atoms with van der Waals surface area (Å²) in [5.41, 5.74) is 0.839. The first-order valence-corrected chi connectivity index (χ1v) is 14.6. The molecular weight excluding hydrogens is 549 g/mol. The highest BCUT2D eigenvalue weighted by molar-refractivity contribution is 7.92. The van der Waals surface area contributed by atoms with E-state index >= 15 is 0 Å². The highest BCUT2D eigenvalue weighted by Gasteiger charge is 2.33. The van der Waals surface area contributed by atoms with Gasteiger partial charge in [-0.2, -0.15) is 0 Å². The number of nitrogens with one attached hydrogen (secondary N) is 1. The molecule has 2 atom stereocenters. The van der Waals surface area contributed by atoms with Crippen molar-refractivity contribution in [1.82, 2.24) is 10.2 Å². The molecule has 3 rings (SSSR count). The van der Waals surface area contributed by atoms with Crippen LogP contribution in [0.5, 0.6) is 11.5 Å². The molecule has 1 N–H and O–H groups in total. The van der Waals surface area contributed by atoms with Crippen LogP contribution < -0.4 is 19.1 Å². The molecule has 220 valence electrons. The molecule has 41 heavy (non-hydrogen) atoms. The van der Waals surface area contributed by atoms with E-state index in [1.54, 1.807) is 37.3 Å². The molecule has 11 heteroatoms. The van der Waals surface area contributed by atoms with E-state index < -0.39 is 34.3 Å². The van der Waals surface area contributed by atoms with Crippen molar-refractivity contribution in [2.75, 3.05) is 25.1 Å². The molecule has 2 amide bonds. The standard InChI is InChI=1S/C30H36FN3O6S/c1-6-21(2)32-30(36)22(3)33(19-23-12-14-24(31)15-13-23)29(35)20-34(25-10-8-7-9-11-25)41(37,38)26-16-17-27(39-4)28(18-26)40-5/h7-18,21-22H,6,19-20H2,1-5H3,(H,32,36)/t21-,22-/m0/s1. The third-order valence-electron chi connectivity index (χ3n) is 6.70. The van der Waals surface area contributed by atoms with Gasteiger partial charge < -0.3 is 19.7 Å². The minimum atomic E-state index is -4.29. The number of hydrogen-bond acceptors (Lipinski definition) is 6. The highest BCUT2D eigenvalue weighted by Crippen LogP contribution is 2.32. The number of benzene rings is 3. The summed E-state index contributed by atoms with van der Waals surface area (Å²) in [6, 6.07) is 16.9. The van der Waals surface area contributed by atoms with E-state index in [0.29, 0.717) is 17.7 Å². The SMILES string of the molecule is CC[C@H](C)NC(=O)[C@H](C)N(Cc1ccc(F)cc1)C(=O)CN(c1ccccc1)S(=O)(=O)c1ccc(OC)c(OC)c1. The van der Waals surface area contributed by atoms with Gasteiger partial charge in [0.05, 0.1) is 24.8 Å². The molecular formula is C30H36FN3O6S. The fraction of sp³-hybridized carbons (Fsp3) is 0.333. The van der Waals surface area contributed by atoms with Crippen LogP contribution in [0.4, 0.5) is 10.1 Å². The third-order valence-corrected chi connectivity index (χ3v) is 8.47. The van der Waals surface area contributed by atoms with Crippen LogP contribution in [0.15, 0.2) is 77.7 Å². The van der Waals surface area contributed by atoms with Gasteiger partial charge in [-0.3, -0.25) is 13.9 Å². The van der Waals surface area contributed by atoms with Crippen molar-refractivity contribution < 1.29 is 31.9 Å². The monoisotopic (exact) mass is 585 g/mol. The molecule has 0 aliphatic heterocycles. The van der Waals surface area contributed by atoms with Gasteiger partial charge in [0.1, 0.15) is 18.4 Å². The molecule has 0 saturated carbocycles. The van der Waals surface area contributed by atoms with Gasteiger partial charge in [-0.25, -0.2) is 12.8 Å². The van der Waals surface area contributed by atoms with Gasteiger partial charge in [0, 0.05) is 18.7 Å². The third kappa shape index (κ3) is 7.75. The zero-order valence-corrected chi connectivity index (χ0v) is 24.7. The number of amides is 2. The second-order valence-electron chi connectivity index (χ2n) is 9.51. The topological polar surface area (TPSA) is 105 Å². The number of halogens is 1. The van der Waals surface area contributed by atoms with Crippen LogP contribution in [0.2, 0.25) is 0 Å². The lowest BCUT2D eigenvalue weighted by molar-refractivity contribution is -0.139. The summed E-state index contributed by atoms with van der Waals surface area (Å²) in [6.45, 7) is 4.72. The molecule has 0 unspecified atom stereocenters. The normalized spacial score (nSPS) is 12.6. The predicted molar refractivity (Wildman–Crippen MR) is 155 cm³/mol. The lowest BCUT2D eigenvalue weighted by atomic mass is 10.1. The number of carbonyl (C=O) groups is 2. The Morgan fingerprint density at radius 2 is 1.56 bits per heavy atom. The number of ether oxygens (including phenoxy) is 2. The smallest absolute Gasteiger partial charge is 0.264 e. The molecule has 0 aliphatic rings. The van der Waals surface area contributed by atoms with Crippen molar-refractivity contribution in [1.29, 1.82) is 0 Å². The van der Waals surface area contributed by atoms with Crippen LogP contribution >= 0.6 is 0 Å². The molecule has 9 nitrogen and oxygen atoms in total. The molecule has 0 fully saturated rings. The van der Waals surface area contributed by atoms with Gasteiger partial charge in [-0.1, -0.05) is 37.3 Å². The van der Waals surface area contributed by atoms with E-state index in [1.165, 1.54) is 61.6 Å². The Kier molecular flexibility index (Phi) is 10.7. The lowest BCUT2D eigenvalue weighted by Gasteiger charge is -2.32. The first-order valence-electron chi connectivity index (χ1n) is 13.2. The Labute approximate surface area is 240 Å². The van der Waals surface area contributed by atoms with Gasteiger partial charge in [0.25, 0.3) is 10.0 Å². The largest absolute Gasteiger partial charge is 0.493 e. The highest BCUT2D eigenvalue weighted by atomic mass is 32.2. The maximum absolute atomic E-state index is 14.0. The summed E-state index contributed by atoms with van der Waals surface area (Å²) in [5.74, 6) is -0.884. The Morgan fingerprint density at radius 1 is 0.927 bits per heavy atom. The van der Waals surface area contributed by atoms with E-state index in [2.05, 4.69) is 5.32 Å². The molecule has 0 saturated heterocycles. The van der Waals surface area contributed by atoms with Crippen molar-refractivity contribution in [3.63, 3.8) is 0 Å². The average molecular weight is 586 g/mol. The van der Waals surface area contributed by atoms with Crippen LogP contribution in [0, 0.1) is 5.82 Å². The van der Waals surface area contributed by atoms with Crippen molar-refractivity contribution in [2.45, 2.75) is 50.7 Å². The molecule has 0 radical (unpaired) electrons. The fourth-order valence-electron chi connectivity index (χ4n) is 4.06. The first-order chi connectivity index (χ1) is 19.5. The Balaban J connectivity index is 2.03. The van der Waals surface area contributed by atoms with Crippen LogP contribution in [0.25, 0.3) is 0 Å². The van der Waals surface area contributed by atoms with Crippen molar-refractivity contribution in [2.24, 2.45) is 0 Å². The van der Waals surface area contributed by atoms with Gasteiger partial charge >= 0.3 is 0 Å². The zero-order valence-electron chi connectivity index (χ0n) is 23.8. The molecule has 0 aromatic heterocycles. The van der Waals surface area contributed by atoms with E-state index in [4.69, 9.17) is 9.47 Å². The summed E-state index contributed by atoms with van der Waals surface area (Å²) in [5, 5.41) is 2.87. The zero-order chi connectivity index (χ0) is 30.2. The van der Waals surface area contributed by atoms with E-state index in [0.717, 1.165) is 4.31 Å². The van der Waals surface area contributed by atoms with Gasteiger partial charge in [0.15, 0.2) is 11.5 Å². The lowest BCUT2D eigenvalue weighted by Crippen LogP contribution is -2.52. The minimum absolute atomic E-state index is 0.0345. The number of nitrogens with zero attached hydrogens (tertiary/aromatic N) is 2. The molecule has 3 aromatic rings. The maximum Gasteiger partial charge on any atom is 0.264 e. The first kappa shape index (κ1) is 31.4. The fourth-order valence-corrected chi connectivity index (χ4v) is 5.49.